The van der Waals surface area contributed by atoms with Gasteiger partial charge in [0.05, 0.1) is 19.3 Å². The lowest BCUT2D eigenvalue weighted by atomic mass is 10.0. The molecule has 5 rings (SSSR count). The van der Waals surface area contributed by atoms with Gasteiger partial charge in [-0.2, -0.15) is 0 Å². The third kappa shape index (κ3) is 5.61. The molecular weight excluding hydrogens is 552 g/mol. The Bertz CT molecular complexity index is 1470. The molecule has 3 aromatic rings. The molecule has 0 amide bonds. The molecule has 15 heteroatoms. The molecule has 0 radical (unpaired) electrons. The summed E-state index contributed by atoms with van der Waals surface area (Å²) in [6, 6.07) is 5.49. The summed E-state index contributed by atoms with van der Waals surface area (Å²) in [5, 5.41) is 90.1. The van der Waals surface area contributed by atoms with Crippen LogP contribution in [-0.4, -0.2) is 108 Å². The highest BCUT2D eigenvalue weighted by Crippen LogP contribution is 2.39. The third-order valence-electron chi connectivity index (χ3n) is 6.82. The molecule has 1 aromatic heterocycles. The van der Waals surface area contributed by atoms with E-state index in [0.717, 1.165) is 24.3 Å². The minimum absolute atomic E-state index is 0.0533. The number of benzene rings is 2. The first-order valence-electron chi connectivity index (χ1n) is 12.5. The van der Waals surface area contributed by atoms with Crippen LogP contribution in [-0.2, 0) is 14.2 Å². The third-order valence-corrected chi connectivity index (χ3v) is 6.82. The van der Waals surface area contributed by atoms with Crippen LogP contribution in [0.25, 0.3) is 22.3 Å². The van der Waals surface area contributed by atoms with Crippen LogP contribution in [0.5, 0.6) is 28.7 Å². The summed E-state index contributed by atoms with van der Waals surface area (Å²) in [5.74, 6) is -2.85. The zero-order chi connectivity index (χ0) is 29.6. The lowest BCUT2D eigenvalue weighted by Crippen LogP contribution is -2.56. The van der Waals surface area contributed by atoms with Gasteiger partial charge in [0.2, 0.25) is 17.5 Å². The molecule has 0 saturated carbocycles. The summed E-state index contributed by atoms with van der Waals surface area (Å²) < 4.78 is 27.9. The minimum Gasteiger partial charge on any atom is -0.508 e. The lowest BCUT2D eigenvalue weighted by molar-refractivity contribution is -0.292. The second-order valence-corrected chi connectivity index (χ2v) is 9.73. The summed E-state index contributed by atoms with van der Waals surface area (Å²) in [6.07, 6.45) is -11.9. The van der Waals surface area contributed by atoms with Crippen LogP contribution in [0, 0.1) is 0 Å². The van der Waals surface area contributed by atoms with Crippen molar-refractivity contribution < 1.29 is 69.3 Å². The minimum atomic E-state index is -1.62. The molecular formula is C26H28O15. The largest absolute Gasteiger partial charge is 0.508 e. The zero-order valence-corrected chi connectivity index (χ0v) is 21.1. The van der Waals surface area contributed by atoms with E-state index in [0.29, 0.717) is 0 Å². The van der Waals surface area contributed by atoms with Gasteiger partial charge in [-0.15, -0.1) is 0 Å². The van der Waals surface area contributed by atoms with Gasteiger partial charge in [-0.05, 0) is 18.2 Å². The van der Waals surface area contributed by atoms with Gasteiger partial charge < -0.3 is 69.3 Å². The number of hydrogen-bond donors (Lipinski definition) is 9. The molecule has 2 fully saturated rings. The first-order chi connectivity index (χ1) is 19.4. The van der Waals surface area contributed by atoms with E-state index in [-0.39, 0.29) is 35.3 Å². The van der Waals surface area contributed by atoms with Gasteiger partial charge >= 0.3 is 0 Å². The van der Waals surface area contributed by atoms with E-state index in [1.165, 1.54) is 6.07 Å². The molecule has 222 valence electrons. The van der Waals surface area contributed by atoms with E-state index in [1.54, 1.807) is 0 Å². The fraction of sp³-hybridized carbons (Fsp3) is 0.423. The standard InChI is InChI=1S/C26H28O15/c27-10-4-13(30)19-16(5-10)40-24(9-1-2-11(28)12(29)3-9)25(22(19)35)41-18-6-14(31)20(33)17(39-18)8-38-26-23(36)21(34)15(32)7-37-26/h1-5,14-15,17-18,20-21,23,26-34,36H,6-8H2. The van der Waals surface area contributed by atoms with E-state index in [2.05, 4.69) is 0 Å². The van der Waals surface area contributed by atoms with Crippen LogP contribution in [0.4, 0.5) is 0 Å². The second-order valence-electron chi connectivity index (χ2n) is 9.73. The normalized spacial score (nSPS) is 30.4. The quantitative estimate of drug-likeness (QED) is 0.158. The van der Waals surface area contributed by atoms with Gasteiger partial charge in [0.15, 0.2) is 23.5 Å². The van der Waals surface area contributed by atoms with Gasteiger partial charge in [-0.3, -0.25) is 4.79 Å². The molecule has 8 unspecified atom stereocenters. The van der Waals surface area contributed by atoms with E-state index in [4.69, 9.17) is 23.4 Å². The van der Waals surface area contributed by atoms with Crippen LogP contribution in [0.1, 0.15) is 6.42 Å². The fourth-order valence-corrected chi connectivity index (χ4v) is 4.61. The maximum atomic E-state index is 13.5. The first kappa shape index (κ1) is 28.8. The van der Waals surface area contributed by atoms with E-state index in [9.17, 15) is 50.8 Å². The van der Waals surface area contributed by atoms with Gasteiger partial charge in [-0.25, -0.2) is 0 Å². The molecule has 15 nitrogen and oxygen atoms in total. The average molecular weight is 580 g/mol. The smallest absolute Gasteiger partial charge is 0.239 e. The molecule has 3 heterocycles. The lowest BCUT2D eigenvalue weighted by Gasteiger charge is -2.39. The van der Waals surface area contributed by atoms with E-state index in [1.807, 2.05) is 0 Å². The Hall–Kier alpha value is -3.67. The van der Waals surface area contributed by atoms with Crippen LogP contribution in [0.2, 0.25) is 0 Å². The maximum absolute atomic E-state index is 13.5. The highest BCUT2D eigenvalue weighted by atomic mass is 16.7. The monoisotopic (exact) mass is 580 g/mol. The molecule has 41 heavy (non-hydrogen) atoms. The van der Waals surface area contributed by atoms with Crippen molar-refractivity contribution in [3.8, 4) is 40.1 Å². The highest BCUT2D eigenvalue weighted by Gasteiger charge is 2.42. The van der Waals surface area contributed by atoms with Crippen molar-refractivity contribution in [3.05, 3.63) is 40.6 Å². The number of ether oxygens (including phenoxy) is 4. The highest BCUT2D eigenvalue weighted by molar-refractivity contribution is 5.88. The Morgan fingerprint density at radius 3 is 2.34 bits per heavy atom. The fourth-order valence-electron chi connectivity index (χ4n) is 4.61. The predicted octanol–water partition coefficient (Wildman–Crippen LogP) is -1.05. The molecule has 2 saturated heterocycles. The average Bonchev–Trinajstić information content (AvgIpc) is 2.92. The molecule has 0 spiro atoms. The van der Waals surface area contributed by atoms with Crippen molar-refractivity contribution in [2.24, 2.45) is 0 Å². The van der Waals surface area contributed by atoms with Crippen molar-refractivity contribution in [2.75, 3.05) is 13.2 Å². The van der Waals surface area contributed by atoms with Gasteiger partial charge in [0.1, 0.15) is 53.0 Å². The van der Waals surface area contributed by atoms with Gasteiger partial charge in [0, 0.05) is 24.1 Å². The van der Waals surface area contributed by atoms with Crippen molar-refractivity contribution in [1.82, 2.24) is 0 Å². The SMILES string of the molecule is O=c1c(OC2CC(O)C(O)C(COC3OCC(O)C(O)C3O)O2)c(-c2ccc(O)c(O)c2)oc2cc(O)cc(O)c12. The number of hydrogen-bond acceptors (Lipinski definition) is 15. The van der Waals surface area contributed by atoms with Gasteiger partial charge in [-0.1, -0.05) is 0 Å². The van der Waals surface area contributed by atoms with Crippen LogP contribution in [0.15, 0.2) is 39.5 Å². The number of fused-ring (bicyclic) bond motifs is 1. The van der Waals surface area contributed by atoms with Gasteiger partial charge in [0.25, 0.3) is 0 Å². The topological polar surface area (TPSA) is 249 Å². The van der Waals surface area contributed by atoms with Crippen LogP contribution >= 0.6 is 0 Å². The van der Waals surface area contributed by atoms with E-state index >= 15 is 0 Å². The summed E-state index contributed by atoms with van der Waals surface area (Å²) in [4.78, 5) is 13.5. The Morgan fingerprint density at radius 1 is 0.854 bits per heavy atom. The van der Waals surface area contributed by atoms with E-state index < -0.39 is 90.0 Å². The molecule has 0 aliphatic carbocycles. The number of aliphatic hydroxyl groups is 5. The van der Waals surface area contributed by atoms with Crippen molar-refractivity contribution in [3.63, 3.8) is 0 Å². The predicted molar refractivity (Wildman–Crippen MR) is 134 cm³/mol. The summed E-state index contributed by atoms with van der Waals surface area (Å²) in [7, 11) is 0. The van der Waals surface area contributed by atoms with Crippen molar-refractivity contribution >= 4 is 11.0 Å². The molecule has 8 atom stereocenters. The molecule has 0 bridgehead atoms. The Morgan fingerprint density at radius 2 is 1.61 bits per heavy atom. The molecule has 2 aliphatic heterocycles. The number of rotatable bonds is 6. The Balaban J connectivity index is 1.45. The molecule has 2 aromatic carbocycles. The second kappa shape index (κ2) is 11.3. The summed E-state index contributed by atoms with van der Waals surface area (Å²) in [6.45, 7) is -0.809. The number of phenolic OH excluding ortho intramolecular Hbond substituents is 4. The first-order valence-corrected chi connectivity index (χ1v) is 12.5. The van der Waals surface area contributed by atoms with Crippen molar-refractivity contribution in [1.29, 1.82) is 0 Å². The summed E-state index contributed by atoms with van der Waals surface area (Å²) >= 11 is 0. The number of phenols is 4. The maximum Gasteiger partial charge on any atom is 0.239 e. The van der Waals surface area contributed by atoms with Crippen LogP contribution in [0.3, 0.4) is 0 Å². The molecule has 9 N–H and O–H groups in total. The Labute approximate surface area is 230 Å². The van der Waals surface area contributed by atoms with Crippen molar-refractivity contribution in [2.45, 2.75) is 55.6 Å². The number of aromatic hydroxyl groups is 4. The summed E-state index contributed by atoms with van der Waals surface area (Å²) in [5.41, 5.74) is -1.08. The zero-order valence-electron chi connectivity index (χ0n) is 21.1. The Kier molecular flexibility index (Phi) is 7.95. The molecule has 2 aliphatic rings. The van der Waals surface area contributed by atoms with Crippen LogP contribution < -0.4 is 10.2 Å². The number of aliphatic hydroxyl groups excluding tert-OH is 5.